The third kappa shape index (κ3) is 2.97. The van der Waals surface area contributed by atoms with Gasteiger partial charge in [-0.2, -0.15) is 5.10 Å². The second-order valence-electron chi connectivity index (χ2n) is 4.33. The van der Waals surface area contributed by atoms with E-state index in [9.17, 15) is 4.39 Å². The molecule has 0 bridgehead atoms. The molecule has 0 spiro atoms. The first-order valence-corrected chi connectivity index (χ1v) is 7.16. The fourth-order valence-corrected chi connectivity index (χ4v) is 2.65. The van der Waals surface area contributed by atoms with Crippen molar-refractivity contribution < 1.29 is 9.13 Å². The molecule has 1 heterocycles. The Morgan fingerprint density at radius 1 is 1.50 bits per heavy atom. The highest BCUT2D eigenvalue weighted by molar-refractivity contribution is 9.10. The minimum absolute atomic E-state index is 0.0348. The molecule has 0 saturated heterocycles. The molecular weight excluding hydrogens is 349 g/mol. The summed E-state index contributed by atoms with van der Waals surface area (Å²) in [5, 5.41) is 4.33. The van der Waals surface area contributed by atoms with Gasteiger partial charge in [0, 0.05) is 18.7 Å². The zero-order chi connectivity index (χ0) is 14.9. The predicted molar refractivity (Wildman–Crippen MR) is 79.9 cm³/mol. The highest BCUT2D eigenvalue weighted by Crippen LogP contribution is 2.35. The Morgan fingerprint density at radius 3 is 2.85 bits per heavy atom. The largest absolute Gasteiger partial charge is 0.438 e. The van der Waals surface area contributed by atoms with Crippen LogP contribution in [0, 0.1) is 12.7 Å². The lowest BCUT2D eigenvalue weighted by atomic mass is 10.2. The molecule has 0 saturated carbocycles. The second kappa shape index (κ2) is 6.11. The van der Waals surface area contributed by atoms with Crippen LogP contribution in [0.4, 0.5) is 4.39 Å². The molecule has 2 aromatic rings. The monoisotopic (exact) mass is 361 g/mol. The van der Waals surface area contributed by atoms with E-state index in [4.69, 9.17) is 22.1 Å². The summed E-state index contributed by atoms with van der Waals surface area (Å²) in [4.78, 5) is 0. The molecule has 0 amide bonds. The van der Waals surface area contributed by atoms with Crippen LogP contribution in [0.3, 0.4) is 0 Å². The minimum Gasteiger partial charge on any atom is -0.438 e. The first kappa shape index (κ1) is 15.3. The fourth-order valence-electron chi connectivity index (χ4n) is 1.93. The van der Waals surface area contributed by atoms with Crippen LogP contribution in [-0.2, 0) is 13.5 Å². The lowest BCUT2D eigenvalue weighted by Gasteiger charge is -2.10. The maximum atomic E-state index is 13.5. The molecule has 108 valence electrons. The van der Waals surface area contributed by atoms with Crippen LogP contribution in [-0.4, -0.2) is 16.3 Å². The van der Waals surface area contributed by atoms with E-state index in [1.807, 2.05) is 6.92 Å². The molecule has 7 heteroatoms. The normalized spacial score (nSPS) is 10.9. The van der Waals surface area contributed by atoms with Gasteiger partial charge in [0.1, 0.15) is 11.6 Å². The van der Waals surface area contributed by atoms with Gasteiger partial charge in [0.25, 0.3) is 0 Å². The van der Waals surface area contributed by atoms with Crippen molar-refractivity contribution in [2.45, 2.75) is 13.3 Å². The average Bonchev–Trinajstić information content (AvgIpc) is 2.63. The number of hydrogen-bond acceptors (Lipinski definition) is 3. The lowest BCUT2D eigenvalue weighted by Crippen LogP contribution is -2.05. The van der Waals surface area contributed by atoms with E-state index in [-0.39, 0.29) is 5.02 Å². The molecule has 0 aliphatic rings. The third-order valence-electron chi connectivity index (χ3n) is 2.86. The maximum absolute atomic E-state index is 13.5. The summed E-state index contributed by atoms with van der Waals surface area (Å²) >= 11 is 9.01. The zero-order valence-electron chi connectivity index (χ0n) is 11.1. The summed E-state index contributed by atoms with van der Waals surface area (Å²) in [6.45, 7) is 2.37. The molecular formula is C13H14BrClFN3O. The molecule has 0 radical (unpaired) electrons. The Bertz CT molecular complexity index is 645. The number of nitrogens with zero attached hydrogens (tertiary/aromatic N) is 2. The molecule has 2 N–H and O–H groups in total. The lowest BCUT2D eigenvalue weighted by molar-refractivity contribution is 0.420. The second-order valence-corrected chi connectivity index (χ2v) is 5.59. The van der Waals surface area contributed by atoms with Crippen molar-refractivity contribution in [1.29, 1.82) is 0 Å². The van der Waals surface area contributed by atoms with Crippen molar-refractivity contribution >= 4 is 27.5 Å². The maximum Gasteiger partial charge on any atom is 0.221 e. The molecule has 0 atom stereocenters. The van der Waals surface area contributed by atoms with Gasteiger partial charge < -0.3 is 10.5 Å². The van der Waals surface area contributed by atoms with Gasteiger partial charge in [-0.15, -0.1) is 0 Å². The fraction of sp³-hybridized carbons (Fsp3) is 0.308. The van der Waals surface area contributed by atoms with Crippen LogP contribution < -0.4 is 10.5 Å². The number of aromatic nitrogens is 2. The van der Waals surface area contributed by atoms with Crippen LogP contribution in [0.15, 0.2) is 16.6 Å². The van der Waals surface area contributed by atoms with E-state index < -0.39 is 5.82 Å². The molecule has 4 nitrogen and oxygen atoms in total. The third-order valence-corrected chi connectivity index (χ3v) is 3.77. The van der Waals surface area contributed by atoms with Crippen molar-refractivity contribution in [3.63, 3.8) is 0 Å². The van der Waals surface area contributed by atoms with Crippen molar-refractivity contribution in [2.75, 3.05) is 6.54 Å². The van der Waals surface area contributed by atoms with Crippen molar-refractivity contribution in [2.24, 2.45) is 12.8 Å². The summed E-state index contributed by atoms with van der Waals surface area (Å²) in [6, 6.07) is 2.69. The van der Waals surface area contributed by atoms with Crippen molar-refractivity contribution in [3.05, 3.63) is 38.7 Å². The van der Waals surface area contributed by atoms with Gasteiger partial charge in [-0.25, -0.2) is 9.07 Å². The molecule has 0 unspecified atom stereocenters. The highest BCUT2D eigenvalue weighted by Gasteiger charge is 2.17. The summed E-state index contributed by atoms with van der Waals surface area (Å²) in [6.07, 6.45) is 0.642. The average molecular weight is 363 g/mol. The van der Waals surface area contributed by atoms with E-state index in [1.54, 1.807) is 11.7 Å². The van der Waals surface area contributed by atoms with Gasteiger partial charge in [0.15, 0.2) is 0 Å². The van der Waals surface area contributed by atoms with E-state index in [0.717, 1.165) is 11.3 Å². The van der Waals surface area contributed by atoms with Crippen LogP contribution in [0.5, 0.6) is 11.6 Å². The van der Waals surface area contributed by atoms with E-state index in [0.29, 0.717) is 29.1 Å². The summed E-state index contributed by atoms with van der Waals surface area (Å²) < 4.78 is 21.5. The molecule has 1 aromatic carbocycles. The molecule has 0 fully saturated rings. The number of nitrogens with two attached hydrogens (primary N) is 1. The van der Waals surface area contributed by atoms with Crippen LogP contribution in [0.25, 0.3) is 0 Å². The highest BCUT2D eigenvalue weighted by atomic mass is 79.9. The van der Waals surface area contributed by atoms with Crippen LogP contribution >= 0.6 is 27.5 Å². The molecule has 0 aliphatic carbocycles. The minimum atomic E-state index is -0.538. The Labute approximate surface area is 129 Å². The number of halogens is 3. The van der Waals surface area contributed by atoms with Crippen molar-refractivity contribution in [1.82, 2.24) is 9.78 Å². The Morgan fingerprint density at radius 2 is 2.20 bits per heavy atom. The summed E-state index contributed by atoms with van der Waals surface area (Å²) in [7, 11) is 1.77. The summed E-state index contributed by atoms with van der Waals surface area (Å²) in [5.41, 5.74) is 7.36. The zero-order valence-corrected chi connectivity index (χ0v) is 13.4. The Hall–Kier alpha value is -1.11. The number of benzene rings is 1. The van der Waals surface area contributed by atoms with Gasteiger partial charge >= 0.3 is 0 Å². The van der Waals surface area contributed by atoms with Crippen LogP contribution in [0.2, 0.25) is 5.02 Å². The Kier molecular flexibility index (Phi) is 4.67. The standard InChI is InChI=1S/C13H14BrClFN3O/c1-7-8(3-4-17)13(19(2)18-7)20-12-6-11(16)10(15)5-9(12)14/h5-6H,3-4,17H2,1-2H3. The topological polar surface area (TPSA) is 53.1 Å². The molecule has 1 aromatic heterocycles. The number of aryl methyl sites for hydroxylation is 2. The molecule has 2 rings (SSSR count). The quantitative estimate of drug-likeness (QED) is 0.846. The first-order valence-electron chi connectivity index (χ1n) is 5.99. The predicted octanol–water partition coefficient (Wildman–Crippen LogP) is 3.58. The molecule has 20 heavy (non-hydrogen) atoms. The van der Waals surface area contributed by atoms with Gasteiger partial charge in [-0.3, -0.25) is 0 Å². The number of rotatable bonds is 4. The van der Waals surface area contributed by atoms with Gasteiger partial charge in [0.05, 0.1) is 15.2 Å². The first-order chi connectivity index (χ1) is 9.43. The Balaban J connectivity index is 2.42. The SMILES string of the molecule is Cc1nn(C)c(Oc2cc(F)c(Cl)cc2Br)c1CCN. The van der Waals surface area contributed by atoms with E-state index in [2.05, 4.69) is 21.0 Å². The van der Waals surface area contributed by atoms with E-state index in [1.165, 1.54) is 12.1 Å². The van der Waals surface area contributed by atoms with Crippen LogP contribution in [0.1, 0.15) is 11.3 Å². The van der Waals surface area contributed by atoms with Gasteiger partial charge in [-0.05, 0) is 41.9 Å². The number of hydrogen-bond donors (Lipinski definition) is 1. The number of ether oxygens (including phenoxy) is 1. The molecule has 0 aliphatic heterocycles. The van der Waals surface area contributed by atoms with Gasteiger partial charge in [-0.1, -0.05) is 11.6 Å². The summed E-state index contributed by atoms with van der Waals surface area (Å²) in [5.74, 6) is 0.354. The van der Waals surface area contributed by atoms with E-state index >= 15 is 0 Å². The smallest absolute Gasteiger partial charge is 0.221 e. The van der Waals surface area contributed by atoms with Gasteiger partial charge in [0.2, 0.25) is 5.88 Å². The van der Waals surface area contributed by atoms with Crippen molar-refractivity contribution in [3.8, 4) is 11.6 Å².